The maximum Gasteiger partial charge on any atom is 0.342 e. The Labute approximate surface area is 70.6 Å². The van der Waals surface area contributed by atoms with E-state index in [9.17, 15) is 9.36 Å². The van der Waals surface area contributed by atoms with E-state index in [-0.39, 0.29) is 5.31 Å². The zero-order chi connectivity index (χ0) is 9.35. The summed E-state index contributed by atoms with van der Waals surface area (Å²) in [6.45, 7) is 1.49. The second kappa shape index (κ2) is 2.94. The van der Waals surface area contributed by atoms with Gasteiger partial charge in [-0.05, 0) is 6.66 Å². The van der Waals surface area contributed by atoms with Crippen LogP contribution >= 0.6 is 7.14 Å². The fourth-order valence-corrected chi connectivity index (χ4v) is 3.32. The van der Waals surface area contributed by atoms with Crippen LogP contribution in [0.1, 0.15) is 6.42 Å². The molecular weight excluding hydrogens is 179 g/mol. The van der Waals surface area contributed by atoms with Gasteiger partial charge in [0.2, 0.25) is 0 Å². The highest BCUT2D eigenvalue weighted by Gasteiger charge is 2.37. The highest BCUT2D eigenvalue weighted by molar-refractivity contribution is 7.69. The molecule has 0 spiro atoms. The van der Waals surface area contributed by atoms with Crippen molar-refractivity contribution in [3.63, 3.8) is 0 Å². The Morgan fingerprint density at radius 3 is 2.58 bits per heavy atom. The van der Waals surface area contributed by atoms with Gasteiger partial charge in [-0.3, -0.25) is 0 Å². The molecule has 1 atom stereocenters. The van der Waals surface area contributed by atoms with Crippen molar-refractivity contribution in [3.05, 3.63) is 11.1 Å². The maximum atomic E-state index is 11.6. The molecule has 0 bridgehead atoms. The minimum Gasteiger partial charge on any atom is -0.500 e. The molecular formula is C7H11O4P. The van der Waals surface area contributed by atoms with Crippen LogP contribution in [0.15, 0.2) is 11.1 Å². The van der Waals surface area contributed by atoms with E-state index in [1.54, 1.807) is 0 Å². The number of hydrogen-bond acceptors (Lipinski definition) is 3. The number of methoxy groups -OCH3 is 1. The highest BCUT2D eigenvalue weighted by atomic mass is 31.2. The van der Waals surface area contributed by atoms with Crippen molar-refractivity contribution in [1.82, 2.24) is 0 Å². The summed E-state index contributed by atoms with van der Waals surface area (Å²) in [6.07, 6.45) is 0.893. The van der Waals surface area contributed by atoms with Gasteiger partial charge in [0.15, 0.2) is 0 Å². The first kappa shape index (κ1) is 9.33. The molecule has 4 nitrogen and oxygen atoms in total. The van der Waals surface area contributed by atoms with Crippen LogP contribution in [0.3, 0.4) is 0 Å². The van der Waals surface area contributed by atoms with Crippen LogP contribution in [0, 0.1) is 0 Å². The largest absolute Gasteiger partial charge is 0.500 e. The SMILES string of the molecule is COC1=C(C(=O)O)P(C)(=O)CC1. The molecule has 0 aliphatic carbocycles. The van der Waals surface area contributed by atoms with Crippen LogP contribution in [0.2, 0.25) is 0 Å². The lowest BCUT2D eigenvalue weighted by atomic mass is 10.3. The van der Waals surface area contributed by atoms with E-state index in [4.69, 9.17) is 9.84 Å². The lowest BCUT2D eigenvalue weighted by Crippen LogP contribution is -2.01. The zero-order valence-corrected chi connectivity index (χ0v) is 7.93. The zero-order valence-electron chi connectivity index (χ0n) is 7.03. The molecule has 0 saturated carbocycles. The van der Waals surface area contributed by atoms with E-state index >= 15 is 0 Å². The molecule has 1 rings (SSSR count). The molecule has 0 aromatic rings. The van der Waals surface area contributed by atoms with E-state index in [0.717, 1.165) is 0 Å². The normalized spacial score (nSPS) is 29.2. The van der Waals surface area contributed by atoms with Crippen molar-refractivity contribution >= 4 is 13.1 Å². The average molecular weight is 190 g/mol. The first-order chi connectivity index (χ1) is 5.49. The number of ether oxygens (including phenoxy) is 1. The molecule has 5 heteroatoms. The Hall–Kier alpha value is -0.760. The summed E-state index contributed by atoms with van der Waals surface area (Å²) in [5.74, 6) is -0.747. The molecule has 0 saturated heterocycles. The molecule has 0 aromatic heterocycles. The summed E-state index contributed by atoms with van der Waals surface area (Å²) in [7, 11) is -1.22. The van der Waals surface area contributed by atoms with Gasteiger partial charge in [-0.2, -0.15) is 0 Å². The summed E-state index contributed by atoms with van der Waals surface area (Å²) in [5.41, 5.74) is 0. The van der Waals surface area contributed by atoms with Gasteiger partial charge in [-0.15, -0.1) is 0 Å². The number of rotatable bonds is 2. The first-order valence-electron chi connectivity index (χ1n) is 3.56. The molecule has 1 N–H and O–H groups in total. The lowest BCUT2D eigenvalue weighted by molar-refractivity contribution is -0.132. The lowest BCUT2D eigenvalue weighted by Gasteiger charge is -2.05. The third-order valence-electron chi connectivity index (χ3n) is 1.95. The molecule has 1 aliphatic heterocycles. The van der Waals surface area contributed by atoms with Gasteiger partial charge in [0.1, 0.15) is 18.2 Å². The molecule has 0 aromatic carbocycles. The Morgan fingerprint density at radius 1 is 1.67 bits per heavy atom. The van der Waals surface area contributed by atoms with Crippen molar-refractivity contribution in [2.75, 3.05) is 19.9 Å². The van der Waals surface area contributed by atoms with Crippen molar-refractivity contribution in [2.24, 2.45) is 0 Å². The second-order valence-corrected chi connectivity index (χ2v) is 5.95. The van der Waals surface area contributed by atoms with E-state index in [1.165, 1.54) is 13.8 Å². The molecule has 1 heterocycles. The van der Waals surface area contributed by atoms with Crippen LogP contribution in [0.5, 0.6) is 0 Å². The fourth-order valence-electron chi connectivity index (χ4n) is 1.33. The second-order valence-electron chi connectivity index (χ2n) is 2.86. The van der Waals surface area contributed by atoms with E-state index < -0.39 is 13.1 Å². The monoisotopic (exact) mass is 190 g/mol. The summed E-state index contributed by atoms with van der Waals surface area (Å²) in [6, 6.07) is 0. The Kier molecular flexibility index (Phi) is 2.29. The summed E-state index contributed by atoms with van der Waals surface area (Å²) in [5, 5.41) is 8.73. The van der Waals surface area contributed by atoms with Crippen LogP contribution in [0.4, 0.5) is 0 Å². The van der Waals surface area contributed by atoms with Gasteiger partial charge in [0, 0.05) is 12.6 Å². The van der Waals surface area contributed by atoms with Gasteiger partial charge in [-0.1, -0.05) is 0 Å². The Morgan fingerprint density at radius 2 is 2.25 bits per heavy atom. The number of carboxylic acid groups (broad SMARTS) is 1. The van der Waals surface area contributed by atoms with Gasteiger partial charge < -0.3 is 14.4 Å². The van der Waals surface area contributed by atoms with Crippen molar-refractivity contribution in [1.29, 1.82) is 0 Å². The Bertz CT molecular complexity index is 292. The van der Waals surface area contributed by atoms with E-state index in [1.807, 2.05) is 0 Å². The van der Waals surface area contributed by atoms with Crippen LogP contribution in [-0.4, -0.2) is 31.0 Å². The quantitative estimate of drug-likeness (QED) is 0.667. The van der Waals surface area contributed by atoms with Crippen molar-refractivity contribution in [2.45, 2.75) is 6.42 Å². The van der Waals surface area contributed by atoms with Gasteiger partial charge in [-0.25, -0.2) is 4.79 Å². The molecule has 0 fully saturated rings. The topological polar surface area (TPSA) is 63.6 Å². The number of allylic oxidation sites excluding steroid dienone is 1. The molecule has 1 aliphatic rings. The summed E-state index contributed by atoms with van der Waals surface area (Å²) >= 11 is 0. The summed E-state index contributed by atoms with van der Waals surface area (Å²) < 4.78 is 16.5. The maximum absolute atomic E-state index is 11.6. The minimum absolute atomic E-state index is 0.00926. The molecule has 68 valence electrons. The molecule has 1 unspecified atom stereocenters. The van der Waals surface area contributed by atoms with Crippen LogP contribution in [0.25, 0.3) is 0 Å². The van der Waals surface area contributed by atoms with E-state index in [2.05, 4.69) is 0 Å². The van der Waals surface area contributed by atoms with Crippen LogP contribution in [-0.2, 0) is 14.1 Å². The number of carbonyl (C=O) groups is 1. The third kappa shape index (κ3) is 1.39. The highest BCUT2D eigenvalue weighted by Crippen LogP contribution is 2.57. The molecule has 0 amide bonds. The predicted octanol–water partition coefficient (Wildman–Crippen LogP) is 1.33. The third-order valence-corrected chi connectivity index (χ3v) is 4.42. The number of hydrogen-bond donors (Lipinski definition) is 1. The van der Waals surface area contributed by atoms with Crippen molar-refractivity contribution in [3.8, 4) is 0 Å². The standard InChI is InChI=1S/C7H11O4P/c1-11-5-3-4-12(2,10)6(5)7(8)9/h3-4H2,1-2H3,(H,8,9). The predicted molar refractivity (Wildman–Crippen MR) is 44.7 cm³/mol. The van der Waals surface area contributed by atoms with Gasteiger partial charge in [0.05, 0.1) is 7.11 Å². The van der Waals surface area contributed by atoms with Crippen LogP contribution < -0.4 is 0 Å². The summed E-state index contributed by atoms with van der Waals surface area (Å²) in [4.78, 5) is 10.7. The minimum atomic E-state index is -2.63. The molecule has 12 heavy (non-hydrogen) atoms. The number of carboxylic acids is 1. The van der Waals surface area contributed by atoms with Gasteiger partial charge in [0.25, 0.3) is 0 Å². The fraction of sp³-hybridized carbons (Fsp3) is 0.571. The van der Waals surface area contributed by atoms with Gasteiger partial charge >= 0.3 is 5.97 Å². The molecule has 0 radical (unpaired) electrons. The Balaban J connectivity index is 3.15. The van der Waals surface area contributed by atoms with E-state index in [0.29, 0.717) is 18.3 Å². The smallest absolute Gasteiger partial charge is 0.342 e. The average Bonchev–Trinajstić information content (AvgIpc) is 2.24. The number of aliphatic carboxylic acids is 1. The van der Waals surface area contributed by atoms with Crippen molar-refractivity contribution < 1.29 is 19.2 Å². The first-order valence-corrected chi connectivity index (χ1v) is 5.90.